The number of anilines is 1. The van der Waals surface area contributed by atoms with Crippen molar-refractivity contribution in [2.45, 2.75) is 20.8 Å². The summed E-state index contributed by atoms with van der Waals surface area (Å²) in [6.45, 7) is 6.68. The van der Waals surface area contributed by atoms with Gasteiger partial charge in [0, 0.05) is 24.2 Å². The predicted molar refractivity (Wildman–Crippen MR) is 110 cm³/mol. The number of carbonyl (C=O) groups is 2. The lowest BCUT2D eigenvalue weighted by Gasteiger charge is -2.17. The standard InChI is InChI=1S/C20H20ClN3O2S/c1-4-24(5-2)20(26)18-13(3)15(12-22)19(27-18)23-17(25)11-10-14-8-6-7-9-16(14)21/h6-11H,4-5H2,1-3H3,(H,23,25)/b11-10+. The van der Waals surface area contributed by atoms with E-state index in [0.717, 1.165) is 16.9 Å². The molecule has 140 valence electrons. The van der Waals surface area contributed by atoms with Crippen LogP contribution in [-0.2, 0) is 4.79 Å². The molecule has 1 heterocycles. The molecule has 2 rings (SSSR count). The molecule has 2 amide bonds. The minimum absolute atomic E-state index is 0.133. The number of nitrogens with one attached hydrogen (secondary N) is 1. The fourth-order valence-corrected chi connectivity index (χ4v) is 3.85. The number of thiophene rings is 1. The van der Waals surface area contributed by atoms with Crippen LogP contribution in [0.15, 0.2) is 30.3 Å². The Morgan fingerprint density at radius 3 is 2.56 bits per heavy atom. The van der Waals surface area contributed by atoms with Crippen molar-refractivity contribution in [2.24, 2.45) is 0 Å². The second-order valence-electron chi connectivity index (χ2n) is 5.69. The fraction of sp³-hybridized carbons (Fsp3) is 0.250. The summed E-state index contributed by atoms with van der Waals surface area (Å²) in [7, 11) is 0. The van der Waals surface area contributed by atoms with Crippen LogP contribution in [0.25, 0.3) is 6.08 Å². The van der Waals surface area contributed by atoms with Crippen molar-refractivity contribution in [1.29, 1.82) is 5.26 Å². The quantitative estimate of drug-likeness (QED) is 0.712. The molecule has 2 aromatic rings. The lowest BCUT2D eigenvalue weighted by molar-refractivity contribution is -0.111. The topological polar surface area (TPSA) is 73.2 Å². The van der Waals surface area contributed by atoms with Crippen LogP contribution in [0, 0.1) is 18.3 Å². The number of rotatable bonds is 6. The van der Waals surface area contributed by atoms with E-state index in [1.165, 1.54) is 6.08 Å². The molecule has 1 N–H and O–H groups in total. The first-order chi connectivity index (χ1) is 12.9. The summed E-state index contributed by atoms with van der Waals surface area (Å²) in [5.74, 6) is -0.527. The second kappa shape index (κ2) is 9.36. The third kappa shape index (κ3) is 4.76. The van der Waals surface area contributed by atoms with Crippen molar-refractivity contribution in [1.82, 2.24) is 4.90 Å². The number of hydrogen-bond donors (Lipinski definition) is 1. The molecule has 0 saturated heterocycles. The molecule has 0 aliphatic rings. The van der Waals surface area contributed by atoms with Crippen LogP contribution in [0.1, 0.15) is 40.2 Å². The molecule has 0 spiro atoms. The van der Waals surface area contributed by atoms with Gasteiger partial charge in [-0.05, 0) is 44.0 Å². The normalized spacial score (nSPS) is 10.6. The molecule has 7 heteroatoms. The van der Waals surface area contributed by atoms with Gasteiger partial charge in [0.05, 0.1) is 10.4 Å². The highest BCUT2D eigenvalue weighted by Crippen LogP contribution is 2.33. The molecule has 0 atom stereocenters. The molecule has 0 aliphatic carbocycles. The number of halogens is 1. The molecule has 5 nitrogen and oxygen atoms in total. The van der Waals surface area contributed by atoms with Crippen LogP contribution < -0.4 is 5.32 Å². The van der Waals surface area contributed by atoms with E-state index in [4.69, 9.17) is 11.6 Å². The van der Waals surface area contributed by atoms with Crippen LogP contribution in [-0.4, -0.2) is 29.8 Å². The van der Waals surface area contributed by atoms with Gasteiger partial charge in [0.25, 0.3) is 5.91 Å². The van der Waals surface area contributed by atoms with E-state index in [2.05, 4.69) is 11.4 Å². The summed E-state index contributed by atoms with van der Waals surface area (Å²) in [5, 5.41) is 13.1. The molecule has 0 radical (unpaired) electrons. The summed E-state index contributed by atoms with van der Waals surface area (Å²) in [5.41, 5.74) is 1.62. The van der Waals surface area contributed by atoms with E-state index in [1.807, 2.05) is 26.0 Å². The summed E-state index contributed by atoms with van der Waals surface area (Å²) in [6, 6.07) is 9.25. The lowest BCUT2D eigenvalue weighted by Crippen LogP contribution is -2.30. The van der Waals surface area contributed by atoms with E-state index in [-0.39, 0.29) is 5.91 Å². The zero-order valence-corrected chi connectivity index (χ0v) is 16.9. The maximum Gasteiger partial charge on any atom is 0.264 e. The van der Waals surface area contributed by atoms with Crippen molar-refractivity contribution in [2.75, 3.05) is 18.4 Å². The van der Waals surface area contributed by atoms with Crippen LogP contribution in [0.4, 0.5) is 5.00 Å². The third-order valence-corrected chi connectivity index (χ3v) is 5.60. The largest absolute Gasteiger partial charge is 0.338 e. The Bertz CT molecular complexity index is 924. The number of hydrogen-bond acceptors (Lipinski definition) is 4. The number of carbonyl (C=O) groups excluding carboxylic acids is 2. The van der Waals surface area contributed by atoms with Gasteiger partial charge in [0.2, 0.25) is 5.91 Å². The highest BCUT2D eigenvalue weighted by Gasteiger charge is 2.23. The van der Waals surface area contributed by atoms with Crippen LogP contribution in [0.3, 0.4) is 0 Å². The Morgan fingerprint density at radius 1 is 1.30 bits per heavy atom. The molecule has 27 heavy (non-hydrogen) atoms. The molecule has 0 fully saturated rings. The van der Waals surface area contributed by atoms with Crippen molar-refractivity contribution in [3.05, 3.63) is 56.9 Å². The van der Waals surface area contributed by atoms with Crippen molar-refractivity contribution in [3.8, 4) is 6.07 Å². The molecular formula is C20H20ClN3O2S. The van der Waals surface area contributed by atoms with Gasteiger partial charge in [-0.1, -0.05) is 29.8 Å². The Morgan fingerprint density at radius 2 is 1.96 bits per heavy atom. The molecule has 0 saturated carbocycles. The summed E-state index contributed by atoms with van der Waals surface area (Å²) < 4.78 is 0. The first-order valence-electron chi connectivity index (χ1n) is 8.49. The van der Waals surface area contributed by atoms with Crippen molar-refractivity contribution in [3.63, 3.8) is 0 Å². The number of nitriles is 1. The van der Waals surface area contributed by atoms with E-state index < -0.39 is 5.91 Å². The summed E-state index contributed by atoms with van der Waals surface area (Å²) in [6.07, 6.45) is 2.95. The van der Waals surface area contributed by atoms with Gasteiger partial charge in [-0.15, -0.1) is 11.3 Å². The molecular weight excluding hydrogens is 382 g/mol. The molecule has 1 aromatic carbocycles. The Balaban J connectivity index is 2.25. The maximum atomic E-state index is 12.6. The maximum absolute atomic E-state index is 12.6. The Hall–Kier alpha value is -2.62. The second-order valence-corrected chi connectivity index (χ2v) is 7.12. The van der Waals surface area contributed by atoms with Gasteiger partial charge in [0.15, 0.2) is 0 Å². The van der Waals surface area contributed by atoms with Crippen molar-refractivity contribution >= 4 is 45.8 Å². The van der Waals surface area contributed by atoms with Gasteiger partial charge in [-0.3, -0.25) is 9.59 Å². The van der Waals surface area contributed by atoms with E-state index in [9.17, 15) is 14.9 Å². The van der Waals surface area contributed by atoms with Crippen LogP contribution in [0.5, 0.6) is 0 Å². The van der Waals surface area contributed by atoms with Crippen molar-refractivity contribution < 1.29 is 9.59 Å². The minimum atomic E-state index is -0.394. The third-order valence-electron chi connectivity index (χ3n) is 4.06. The van der Waals surface area contributed by atoms with Gasteiger partial charge >= 0.3 is 0 Å². The van der Waals surface area contributed by atoms with Gasteiger partial charge in [-0.25, -0.2) is 0 Å². The first-order valence-corrected chi connectivity index (χ1v) is 9.68. The highest BCUT2D eigenvalue weighted by molar-refractivity contribution is 7.18. The predicted octanol–water partition coefficient (Wildman–Crippen LogP) is 4.72. The first kappa shape index (κ1) is 20.7. The SMILES string of the molecule is CCN(CC)C(=O)c1sc(NC(=O)/C=C/c2ccccc2Cl)c(C#N)c1C. The molecule has 1 aromatic heterocycles. The van der Waals surface area contributed by atoms with Crippen LogP contribution >= 0.6 is 22.9 Å². The van der Waals surface area contributed by atoms with Gasteiger partial charge in [-0.2, -0.15) is 5.26 Å². The average Bonchev–Trinajstić information content (AvgIpc) is 2.97. The monoisotopic (exact) mass is 401 g/mol. The Labute approximate surface area is 167 Å². The minimum Gasteiger partial charge on any atom is -0.338 e. The van der Waals surface area contributed by atoms with E-state index in [1.54, 1.807) is 30.0 Å². The number of amides is 2. The van der Waals surface area contributed by atoms with Gasteiger partial charge in [0.1, 0.15) is 11.1 Å². The Kier molecular flexibility index (Phi) is 7.17. The summed E-state index contributed by atoms with van der Waals surface area (Å²) in [4.78, 5) is 27.0. The fourth-order valence-electron chi connectivity index (χ4n) is 2.52. The smallest absolute Gasteiger partial charge is 0.264 e. The van der Waals surface area contributed by atoms with Crippen LogP contribution in [0.2, 0.25) is 5.02 Å². The lowest BCUT2D eigenvalue weighted by atomic mass is 10.1. The zero-order valence-electron chi connectivity index (χ0n) is 15.4. The molecule has 0 unspecified atom stereocenters. The highest BCUT2D eigenvalue weighted by atomic mass is 35.5. The number of nitrogens with zero attached hydrogens (tertiary/aromatic N) is 2. The number of benzene rings is 1. The van der Waals surface area contributed by atoms with E-state index >= 15 is 0 Å². The zero-order chi connectivity index (χ0) is 20.0. The summed E-state index contributed by atoms with van der Waals surface area (Å²) >= 11 is 7.19. The van der Waals surface area contributed by atoms with Gasteiger partial charge < -0.3 is 10.2 Å². The average molecular weight is 402 g/mol. The molecule has 0 bridgehead atoms. The van der Waals surface area contributed by atoms with E-state index in [0.29, 0.717) is 39.1 Å². The molecule has 0 aliphatic heterocycles.